The van der Waals surface area contributed by atoms with Gasteiger partial charge in [-0.25, -0.2) is 4.79 Å². The Hall–Kier alpha value is -2.74. The number of carboxylic acid groups (broad SMARTS) is 1. The molecule has 2 aromatic rings. The maximum atomic E-state index is 13.5. The molecule has 8 nitrogen and oxygen atoms in total. The van der Waals surface area contributed by atoms with Crippen LogP contribution in [0, 0.1) is 0 Å². The number of aryl methyl sites for hydroxylation is 1. The Labute approximate surface area is 163 Å². The van der Waals surface area contributed by atoms with Crippen LogP contribution in [0.25, 0.3) is 0 Å². The zero-order valence-corrected chi connectivity index (χ0v) is 16.0. The number of aromatic carboxylic acids is 1. The molecule has 0 saturated carbocycles. The largest absolute Gasteiger partial charge is 0.476 e. The molecular weight excluding hydrogens is 358 g/mol. The Morgan fingerprint density at radius 3 is 2.68 bits per heavy atom. The summed E-state index contributed by atoms with van der Waals surface area (Å²) in [5, 5.41) is 13.8. The predicted octanol–water partition coefficient (Wildman–Crippen LogP) is 1.72. The normalized spacial score (nSPS) is 18.1. The topological polar surface area (TPSA) is 91.6 Å². The molecule has 0 spiro atoms. The fourth-order valence-electron chi connectivity index (χ4n) is 4.33. The lowest BCUT2D eigenvalue weighted by Crippen LogP contribution is -2.44. The van der Waals surface area contributed by atoms with E-state index in [0.29, 0.717) is 31.6 Å². The molecule has 0 aromatic carbocycles. The number of aromatic nitrogens is 3. The number of nitrogens with zero attached hydrogens (tertiary/aromatic N) is 5. The summed E-state index contributed by atoms with van der Waals surface area (Å²) in [5.41, 5.74) is 2.56. The number of amides is 1. The van der Waals surface area contributed by atoms with Crippen molar-refractivity contribution < 1.29 is 14.7 Å². The second-order valence-corrected chi connectivity index (χ2v) is 7.34. The molecule has 1 fully saturated rings. The van der Waals surface area contributed by atoms with Crippen LogP contribution in [0.15, 0.2) is 24.5 Å². The van der Waals surface area contributed by atoms with Gasteiger partial charge in [0.15, 0.2) is 5.69 Å². The highest BCUT2D eigenvalue weighted by Gasteiger charge is 2.36. The number of hydrogen-bond acceptors (Lipinski definition) is 5. The summed E-state index contributed by atoms with van der Waals surface area (Å²) in [6, 6.07) is 3.43. The van der Waals surface area contributed by atoms with Gasteiger partial charge in [0.1, 0.15) is 6.04 Å². The van der Waals surface area contributed by atoms with Crippen molar-refractivity contribution in [1.82, 2.24) is 24.6 Å². The number of fused-ring (bicyclic) bond motifs is 1. The maximum Gasteiger partial charge on any atom is 0.356 e. The van der Waals surface area contributed by atoms with Crippen molar-refractivity contribution in [3.8, 4) is 0 Å². The van der Waals surface area contributed by atoms with Gasteiger partial charge in [-0.2, -0.15) is 5.10 Å². The number of carboxylic acids is 1. The van der Waals surface area contributed by atoms with Gasteiger partial charge >= 0.3 is 5.97 Å². The van der Waals surface area contributed by atoms with E-state index in [2.05, 4.69) is 15.0 Å². The molecule has 28 heavy (non-hydrogen) atoms. The highest BCUT2D eigenvalue weighted by atomic mass is 16.4. The van der Waals surface area contributed by atoms with Crippen molar-refractivity contribution in [1.29, 1.82) is 0 Å². The fourth-order valence-corrected chi connectivity index (χ4v) is 4.33. The number of carbonyl (C=O) groups is 2. The first-order valence-corrected chi connectivity index (χ1v) is 9.84. The highest BCUT2D eigenvalue weighted by Crippen LogP contribution is 2.30. The van der Waals surface area contributed by atoms with E-state index in [4.69, 9.17) is 0 Å². The third-order valence-corrected chi connectivity index (χ3v) is 5.69. The number of hydrogen-bond donors (Lipinski definition) is 1. The SMILES string of the molecule is CCn1nc(C(=O)O)c2c1CCN(C(=O)C(c1cccnc1)N1CCCC1)C2. The number of rotatable bonds is 5. The number of pyridine rings is 1. The van der Waals surface area contributed by atoms with Crippen molar-refractivity contribution in [2.45, 2.75) is 45.3 Å². The van der Waals surface area contributed by atoms with Gasteiger partial charge in [-0.1, -0.05) is 6.07 Å². The van der Waals surface area contributed by atoms with Gasteiger partial charge in [-0.3, -0.25) is 19.4 Å². The van der Waals surface area contributed by atoms with E-state index in [1.807, 2.05) is 19.1 Å². The third kappa shape index (κ3) is 3.28. The lowest BCUT2D eigenvalue weighted by atomic mass is 10.0. The fraction of sp³-hybridized carbons (Fsp3) is 0.500. The molecule has 1 amide bonds. The van der Waals surface area contributed by atoms with Crippen molar-refractivity contribution in [3.05, 3.63) is 47.0 Å². The number of carbonyl (C=O) groups excluding carboxylic acids is 1. The van der Waals surface area contributed by atoms with E-state index in [1.165, 1.54) is 0 Å². The zero-order valence-electron chi connectivity index (χ0n) is 16.0. The van der Waals surface area contributed by atoms with Crippen molar-refractivity contribution in [3.63, 3.8) is 0 Å². The van der Waals surface area contributed by atoms with Gasteiger partial charge < -0.3 is 10.0 Å². The molecule has 1 atom stereocenters. The highest BCUT2D eigenvalue weighted by molar-refractivity contribution is 5.88. The number of likely N-dealkylation sites (tertiary alicyclic amines) is 1. The van der Waals surface area contributed by atoms with Gasteiger partial charge in [-0.05, 0) is 44.5 Å². The van der Waals surface area contributed by atoms with Gasteiger partial charge in [-0.15, -0.1) is 0 Å². The molecule has 0 aliphatic carbocycles. The molecule has 0 bridgehead atoms. The van der Waals surface area contributed by atoms with Crippen molar-refractivity contribution >= 4 is 11.9 Å². The molecule has 0 radical (unpaired) electrons. The summed E-state index contributed by atoms with van der Waals surface area (Å²) < 4.78 is 1.75. The molecule has 2 aromatic heterocycles. The summed E-state index contributed by atoms with van der Waals surface area (Å²) in [6.07, 6.45) is 6.25. The van der Waals surface area contributed by atoms with E-state index >= 15 is 0 Å². The summed E-state index contributed by atoms with van der Waals surface area (Å²) in [4.78, 5) is 33.4. The minimum absolute atomic E-state index is 0.0149. The molecule has 2 aliphatic heterocycles. The molecule has 148 valence electrons. The molecule has 4 rings (SSSR count). The predicted molar refractivity (Wildman–Crippen MR) is 102 cm³/mol. The molecule has 1 N–H and O–H groups in total. The van der Waals surface area contributed by atoms with E-state index in [1.54, 1.807) is 22.0 Å². The van der Waals surface area contributed by atoms with Crippen LogP contribution in [0.5, 0.6) is 0 Å². The molecule has 1 saturated heterocycles. The molecule has 1 unspecified atom stereocenters. The minimum atomic E-state index is -1.04. The maximum absolute atomic E-state index is 13.5. The Morgan fingerprint density at radius 2 is 2.04 bits per heavy atom. The molecular formula is C20H25N5O3. The first-order chi connectivity index (χ1) is 13.6. The Kier molecular flexibility index (Phi) is 5.13. The smallest absolute Gasteiger partial charge is 0.356 e. The van der Waals surface area contributed by atoms with Gasteiger partial charge in [0.05, 0.1) is 0 Å². The van der Waals surface area contributed by atoms with Crippen LogP contribution in [0.3, 0.4) is 0 Å². The van der Waals surface area contributed by atoms with Gasteiger partial charge in [0.25, 0.3) is 0 Å². The second kappa shape index (κ2) is 7.71. The zero-order chi connectivity index (χ0) is 19.7. The van der Waals surface area contributed by atoms with Crippen LogP contribution in [0.2, 0.25) is 0 Å². The third-order valence-electron chi connectivity index (χ3n) is 5.69. The van der Waals surface area contributed by atoms with E-state index in [0.717, 1.165) is 37.2 Å². The van der Waals surface area contributed by atoms with E-state index < -0.39 is 5.97 Å². The lowest BCUT2D eigenvalue weighted by molar-refractivity contribution is -0.138. The Bertz CT molecular complexity index is 873. The minimum Gasteiger partial charge on any atom is -0.476 e. The van der Waals surface area contributed by atoms with Crippen LogP contribution < -0.4 is 0 Å². The lowest BCUT2D eigenvalue weighted by Gasteiger charge is -2.34. The summed E-state index contributed by atoms with van der Waals surface area (Å²) >= 11 is 0. The van der Waals surface area contributed by atoms with Gasteiger partial charge in [0, 0.05) is 49.7 Å². The van der Waals surface area contributed by atoms with Crippen LogP contribution in [0.4, 0.5) is 0 Å². The molecule has 4 heterocycles. The summed E-state index contributed by atoms with van der Waals surface area (Å²) in [5.74, 6) is -1.03. The Morgan fingerprint density at radius 1 is 1.25 bits per heavy atom. The van der Waals surface area contributed by atoms with E-state index in [9.17, 15) is 14.7 Å². The summed E-state index contributed by atoms with van der Waals surface area (Å²) in [7, 11) is 0. The standard InChI is InChI=1S/C20H25N5O3/c1-2-25-16-7-11-24(13-15(16)17(22-25)20(27)28)19(26)18(23-9-3-4-10-23)14-6-5-8-21-12-14/h5-6,8,12,18H,2-4,7,9-11,13H2,1H3,(H,27,28). The van der Waals surface area contributed by atoms with Crippen molar-refractivity contribution in [2.75, 3.05) is 19.6 Å². The average Bonchev–Trinajstić information content (AvgIpc) is 3.36. The molecule has 8 heteroatoms. The van der Waals surface area contributed by atoms with Crippen molar-refractivity contribution in [2.24, 2.45) is 0 Å². The molecule has 2 aliphatic rings. The monoisotopic (exact) mass is 383 g/mol. The van der Waals surface area contributed by atoms with Gasteiger partial charge in [0.2, 0.25) is 5.91 Å². The quantitative estimate of drug-likeness (QED) is 0.845. The van der Waals surface area contributed by atoms with Crippen LogP contribution in [-0.4, -0.2) is 61.2 Å². The van der Waals surface area contributed by atoms with Crippen LogP contribution in [-0.2, 0) is 24.3 Å². The van der Waals surface area contributed by atoms with Crippen LogP contribution in [0.1, 0.15) is 53.1 Å². The first kappa shape index (κ1) is 18.6. The second-order valence-electron chi connectivity index (χ2n) is 7.34. The first-order valence-electron chi connectivity index (χ1n) is 9.84. The Balaban J connectivity index is 1.64. The summed E-state index contributed by atoms with van der Waals surface area (Å²) in [6.45, 7) is 5.20. The van der Waals surface area contributed by atoms with Crippen LogP contribution >= 0.6 is 0 Å². The average molecular weight is 383 g/mol. The van der Waals surface area contributed by atoms with E-state index in [-0.39, 0.29) is 17.6 Å².